The molecular formula is C26H25N3O3S. The smallest absolute Gasteiger partial charge is 0.264 e. The summed E-state index contributed by atoms with van der Waals surface area (Å²) in [6, 6.07) is 22.8. The third-order valence-corrected chi connectivity index (χ3v) is 5.55. The molecule has 0 radical (unpaired) electrons. The van der Waals surface area contributed by atoms with Gasteiger partial charge in [0.2, 0.25) is 5.89 Å². The number of aromatic nitrogens is 1. The first-order chi connectivity index (χ1) is 16.0. The van der Waals surface area contributed by atoms with Crippen molar-refractivity contribution in [2.75, 3.05) is 11.9 Å². The van der Waals surface area contributed by atoms with Crippen LogP contribution in [0.3, 0.4) is 0 Å². The normalized spacial score (nSPS) is 11.7. The molecule has 0 saturated heterocycles. The summed E-state index contributed by atoms with van der Waals surface area (Å²) in [4.78, 5) is 16.7. The fourth-order valence-corrected chi connectivity index (χ4v) is 3.53. The van der Waals surface area contributed by atoms with E-state index in [0.29, 0.717) is 17.6 Å². The van der Waals surface area contributed by atoms with Gasteiger partial charge in [0.05, 0.1) is 0 Å². The number of thiocarbonyl (C=S) groups is 1. The molecule has 1 unspecified atom stereocenters. The Labute approximate surface area is 198 Å². The number of fused-ring (bicyclic) bond motifs is 1. The minimum atomic E-state index is -0.337. The summed E-state index contributed by atoms with van der Waals surface area (Å²) < 4.78 is 11.3. The lowest BCUT2D eigenvalue weighted by atomic mass is 9.98. The van der Waals surface area contributed by atoms with E-state index >= 15 is 0 Å². The van der Waals surface area contributed by atoms with Crippen molar-refractivity contribution < 1.29 is 13.9 Å². The standard InChI is InChI=1S/C26H25N3O3S/c1-3-17(2)19-11-14-23-22(15-19)28-25(32-23)18-9-12-20(13-10-18)27-26(33)29-24(30)16-31-21-7-5-4-6-8-21/h4-15,17H,3,16H2,1-2H3,(H2,27,29,30,33). The number of benzene rings is 3. The molecule has 0 aliphatic heterocycles. The number of anilines is 1. The van der Waals surface area contributed by atoms with Gasteiger partial charge in [-0.1, -0.05) is 38.1 Å². The summed E-state index contributed by atoms with van der Waals surface area (Å²) in [6.45, 7) is 4.26. The van der Waals surface area contributed by atoms with E-state index in [1.807, 2.05) is 48.5 Å². The average molecular weight is 460 g/mol. The van der Waals surface area contributed by atoms with Gasteiger partial charge in [0.15, 0.2) is 17.3 Å². The second-order valence-corrected chi connectivity index (χ2v) is 8.15. The molecule has 4 rings (SSSR count). The van der Waals surface area contributed by atoms with Gasteiger partial charge in [-0.2, -0.15) is 0 Å². The summed E-state index contributed by atoms with van der Waals surface area (Å²) in [5.41, 5.74) is 4.47. The average Bonchev–Trinajstić information content (AvgIpc) is 3.26. The number of amides is 1. The van der Waals surface area contributed by atoms with Gasteiger partial charge in [0, 0.05) is 11.3 Å². The monoisotopic (exact) mass is 459 g/mol. The van der Waals surface area contributed by atoms with E-state index in [1.165, 1.54) is 5.56 Å². The SMILES string of the molecule is CCC(C)c1ccc2oc(-c3ccc(NC(=S)NC(=O)COc4ccccc4)cc3)nc2c1. The van der Waals surface area contributed by atoms with Gasteiger partial charge < -0.3 is 14.5 Å². The van der Waals surface area contributed by atoms with Crippen molar-refractivity contribution in [3.05, 3.63) is 78.4 Å². The molecule has 1 heterocycles. The Morgan fingerprint density at radius 2 is 1.85 bits per heavy atom. The van der Waals surface area contributed by atoms with Crippen molar-refractivity contribution in [1.82, 2.24) is 10.3 Å². The molecule has 0 bridgehead atoms. The lowest BCUT2D eigenvalue weighted by Crippen LogP contribution is -2.37. The molecule has 33 heavy (non-hydrogen) atoms. The summed E-state index contributed by atoms with van der Waals surface area (Å²) in [6.07, 6.45) is 1.08. The Hall–Kier alpha value is -3.71. The van der Waals surface area contributed by atoms with E-state index in [9.17, 15) is 4.79 Å². The van der Waals surface area contributed by atoms with E-state index in [0.717, 1.165) is 28.8 Å². The van der Waals surface area contributed by atoms with Crippen molar-refractivity contribution in [3.63, 3.8) is 0 Å². The maximum atomic E-state index is 12.0. The molecule has 4 aromatic rings. The van der Waals surface area contributed by atoms with Crippen LogP contribution in [0.1, 0.15) is 31.7 Å². The summed E-state index contributed by atoms with van der Waals surface area (Å²) in [5.74, 6) is 1.33. The molecule has 7 heteroatoms. The first-order valence-corrected chi connectivity index (χ1v) is 11.2. The number of para-hydroxylation sites is 1. The lowest BCUT2D eigenvalue weighted by molar-refractivity contribution is -0.121. The van der Waals surface area contributed by atoms with Gasteiger partial charge in [-0.3, -0.25) is 10.1 Å². The minimum absolute atomic E-state index is 0.124. The van der Waals surface area contributed by atoms with Crippen molar-refractivity contribution >= 4 is 40.0 Å². The predicted octanol–water partition coefficient (Wildman–Crippen LogP) is 5.90. The molecule has 0 aliphatic rings. The zero-order valence-electron chi connectivity index (χ0n) is 18.5. The zero-order chi connectivity index (χ0) is 23.2. The number of carbonyl (C=O) groups excluding carboxylic acids is 1. The number of rotatable bonds is 7. The third-order valence-electron chi connectivity index (χ3n) is 5.35. The van der Waals surface area contributed by atoms with E-state index in [1.54, 1.807) is 12.1 Å². The Kier molecular flexibility index (Phi) is 7.00. The number of hydrogen-bond donors (Lipinski definition) is 2. The molecule has 6 nitrogen and oxygen atoms in total. The van der Waals surface area contributed by atoms with Gasteiger partial charge >= 0.3 is 0 Å². The van der Waals surface area contributed by atoms with Crippen LogP contribution < -0.4 is 15.4 Å². The van der Waals surface area contributed by atoms with Crippen molar-refractivity contribution in [3.8, 4) is 17.2 Å². The Morgan fingerprint density at radius 1 is 1.09 bits per heavy atom. The highest BCUT2D eigenvalue weighted by atomic mass is 32.1. The predicted molar refractivity (Wildman–Crippen MR) is 134 cm³/mol. The zero-order valence-corrected chi connectivity index (χ0v) is 19.3. The number of carbonyl (C=O) groups is 1. The van der Waals surface area contributed by atoms with Crippen LogP contribution in [0.15, 0.2) is 77.2 Å². The molecule has 0 spiro atoms. The largest absolute Gasteiger partial charge is 0.484 e. The Balaban J connectivity index is 1.35. The van der Waals surface area contributed by atoms with Crippen molar-refractivity contribution in [2.24, 2.45) is 0 Å². The molecule has 0 fully saturated rings. The first-order valence-electron chi connectivity index (χ1n) is 10.8. The Morgan fingerprint density at radius 3 is 2.58 bits per heavy atom. The van der Waals surface area contributed by atoms with Gasteiger partial charge in [0.25, 0.3) is 5.91 Å². The van der Waals surface area contributed by atoms with Crippen molar-refractivity contribution in [2.45, 2.75) is 26.2 Å². The molecule has 0 aliphatic carbocycles. The van der Waals surface area contributed by atoms with E-state index in [4.69, 9.17) is 21.4 Å². The van der Waals surface area contributed by atoms with Crippen LogP contribution in [-0.2, 0) is 4.79 Å². The number of ether oxygens (including phenoxy) is 1. The third kappa shape index (κ3) is 5.75. The first kappa shape index (κ1) is 22.5. The van der Waals surface area contributed by atoms with Gasteiger partial charge in [0.1, 0.15) is 11.3 Å². The number of hydrogen-bond acceptors (Lipinski definition) is 5. The van der Waals surface area contributed by atoms with Gasteiger partial charge in [-0.05, 0) is 78.7 Å². The second-order valence-electron chi connectivity index (χ2n) is 7.74. The van der Waals surface area contributed by atoms with E-state index in [-0.39, 0.29) is 17.6 Å². The highest BCUT2D eigenvalue weighted by molar-refractivity contribution is 7.80. The lowest BCUT2D eigenvalue weighted by Gasteiger charge is -2.10. The molecule has 1 aromatic heterocycles. The fraction of sp³-hybridized carbons (Fsp3) is 0.192. The second kappa shape index (κ2) is 10.3. The molecule has 0 saturated carbocycles. The van der Waals surface area contributed by atoms with Crippen molar-refractivity contribution in [1.29, 1.82) is 0 Å². The summed E-state index contributed by atoms with van der Waals surface area (Å²) in [5, 5.41) is 5.80. The summed E-state index contributed by atoms with van der Waals surface area (Å²) in [7, 11) is 0. The molecule has 3 aromatic carbocycles. The molecule has 168 valence electrons. The van der Waals surface area contributed by atoms with E-state index in [2.05, 4.69) is 41.6 Å². The highest BCUT2D eigenvalue weighted by Gasteiger charge is 2.12. The van der Waals surface area contributed by atoms with E-state index < -0.39 is 0 Å². The summed E-state index contributed by atoms with van der Waals surface area (Å²) >= 11 is 5.23. The highest BCUT2D eigenvalue weighted by Crippen LogP contribution is 2.28. The molecule has 2 N–H and O–H groups in total. The number of oxazole rings is 1. The quantitative estimate of drug-likeness (QED) is 0.335. The van der Waals surface area contributed by atoms with Crippen LogP contribution >= 0.6 is 12.2 Å². The molecule has 1 atom stereocenters. The fourth-order valence-electron chi connectivity index (χ4n) is 3.30. The van der Waals surface area contributed by atoms with Gasteiger partial charge in [-0.15, -0.1) is 0 Å². The number of nitrogens with one attached hydrogen (secondary N) is 2. The number of nitrogens with zero attached hydrogens (tertiary/aromatic N) is 1. The van der Waals surface area contributed by atoms with Crippen LogP contribution in [0, 0.1) is 0 Å². The van der Waals surface area contributed by atoms with Crippen LogP contribution in [-0.4, -0.2) is 22.6 Å². The van der Waals surface area contributed by atoms with Crippen LogP contribution in [0.2, 0.25) is 0 Å². The van der Waals surface area contributed by atoms with Crippen LogP contribution in [0.4, 0.5) is 5.69 Å². The topological polar surface area (TPSA) is 76.4 Å². The molecule has 1 amide bonds. The maximum absolute atomic E-state index is 12.0. The molecular weight excluding hydrogens is 434 g/mol. The minimum Gasteiger partial charge on any atom is -0.484 e. The van der Waals surface area contributed by atoms with Crippen LogP contribution in [0.5, 0.6) is 5.75 Å². The van der Waals surface area contributed by atoms with Crippen LogP contribution in [0.25, 0.3) is 22.6 Å². The van der Waals surface area contributed by atoms with Gasteiger partial charge in [-0.25, -0.2) is 4.98 Å². The Bertz CT molecular complexity index is 1250. The maximum Gasteiger partial charge on any atom is 0.264 e.